The van der Waals surface area contributed by atoms with Crippen molar-refractivity contribution in [2.24, 2.45) is 0 Å². The highest BCUT2D eigenvalue weighted by Gasteiger charge is 2.52. The largest absolute Gasteiger partial charge is 0.455 e. The quantitative estimate of drug-likeness (QED) is 0.102. The first-order valence-electron chi connectivity index (χ1n) is 19.3. The third-order valence-electron chi connectivity index (χ3n) is 9.33. The van der Waals surface area contributed by atoms with E-state index in [4.69, 9.17) is 8.23 Å². The number of amides is 2. The lowest BCUT2D eigenvalue weighted by Gasteiger charge is -2.36. The van der Waals surface area contributed by atoms with Crippen molar-refractivity contribution in [3.05, 3.63) is 104 Å². The summed E-state index contributed by atoms with van der Waals surface area (Å²) in [7, 11) is -8.73. The number of hydrogen-bond acceptors (Lipinski definition) is 10. The third kappa shape index (κ3) is 8.76. The molecule has 8 rings (SSSR count). The van der Waals surface area contributed by atoms with E-state index in [0.29, 0.717) is 23.5 Å². The normalized spacial score (nSPS) is 15.6. The molecule has 0 saturated heterocycles. The van der Waals surface area contributed by atoms with E-state index < -0.39 is 33.3 Å². The Morgan fingerprint density at radius 1 is 0.431 bits per heavy atom. The highest BCUT2D eigenvalue weighted by Crippen LogP contribution is 2.51. The molecule has 0 spiro atoms. The van der Waals surface area contributed by atoms with Crippen LogP contribution in [0.15, 0.2) is 94.7 Å². The van der Waals surface area contributed by atoms with Crippen molar-refractivity contribution in [3.8, 4) is 39.0 Å². The summed E-state index contributed by atoms with van der Waals surface area (Å²) in [4.78, 5) is 45.9. The van der Waals surface area contributed by atoms with Crippen LogP contribution in [-0.2, 0) is 17.8 Å². The van der Waals surface area contributed by atoms with Gasteiger partial charge in [-0.15, -0.1) is 68.0 Å². The lowest BCUT2D eigenvalue weighted by molar-refractivity contribution is -0.123. The zero-order valence-corrected chi connectivity index (χ0v) is 43.4. The zero-order valence-electron chi connectivity index (χ0n) is 34.5. The molecule has 0 unspecified atom stereocenters. The average molecular weight is 950 g/mol. The molecule has 6 nitrogen and oxygen atoms in total. The molecule has 2 aliphatic heterocycles. The molecule has 0 aliphatic carbocycles. The second-order valence-corrected chi connectivity index (χ2v) is 41.8. The van der Waals surface area contributed by atoms with Gasteiger partial charge in [0.15, 0.2) is 33.3 Å². The Kier molecular flexibility index (Phi) is 11.4. The van der Waals surface area contributed by atoms with E-state index in [1.807, 2.05) is 9.80 Å². The lowest BCUT2D eigenvalue weighted by atomic mass is 10.1. The van der Waals surface area contributed by atoms with E-state index in [2.05, 4.69) is 149 Å². The van der Waals surface area contributed by atoms with Crippen molar-refractivity contribution in [1.29, 1.82) is 0 Å². The maximum absolute atomic E-state index is 15.3. The van der Waals surface area contributed by atoms with Gasteiger partial charge in [-0.05, 0) is 137 Å². The van der Waals surface area contributed by atoms with Crippen molar-refractivity contribution in [2.75, 3.05) is 12.3 Å². The highest BCUT2D eigenvalue weighted by atomic mass is 32.1. The number of carbonyl (C=O) groups excluding carboxylic acids is 2. The standard InChI is InChI=1S/C42H48N2O4S6Si4/c1-55(2,3)47-57(7,8)25-43-39(35-21-19-33(53-35)31-17-15-29(51-31)27-13-11-23-49-27)37-38(41(43)45)40(44(42(37)46)26-58(9,10)48-56(4,5)6)36-22-20-34(54-36)32-18-16-30(52-32)28-14-12-24-50-28/h11-24H,25-26H2,1-10H3. The molecule has 0 atom stereocenters. The fraction of sp³-hybridized carbons (Fsp3) is 0.286. The molecule has 0 saturated carbocycles. The van der Waals surface area contributed by atoms with Gasteiger partial charge in [0.05, 0.1) is 32.3 Å². The summed E-state index contributed by atoms with van der Waals surface area (Å²) in [6, 6.07) is 25.7. The second kappa shape index (κ2) is 15.7. The Hall–Kier alpha value is -2.59. The third-order valence-corrected chi connectivity index (χ3v) is 27.7. The minimum absolute atomic E-state index is 0.113. The van der Waals surface area contributed by atoms with Crippen LogP contribution >= 0.6 is 68.0 Å². The van der Waals surface area contributed by atoms with E-state index in [9.17, 15) is 0 Å². The molecule has 2 amide bonds. The summed E-state index contributed by atoms with van der Waals surface area (Å²) >= 11 is 10.4. The second-order valence-electron chi connectivity index (χ2n) is 17.8. The number of thiophene rings is 6. The summed E-state index contributed by atoms with van der Waals surface area (Å²) in [5.41, 5.74) is 2.47. The maximum Gasteiger partial charge on any atom is 0.261 e. The minimum Gasteiger partial charge on any atom is -0.455 e. The fourth-order valence-corrected chi connectivity index (χ4v) is 29.8. The van der Waals surface area contributed by atoms with Crippen LogP contribution in [0.25, 0.3) is 50.4 Å². The van der Waals surface area contributed by atoms with Crippen LogP contribution in [-0.4, -0.2) is 67.2 Å². The average Bonchev–Trinajstić information content (AvgIpc) is 3.96. The first-order valence-corrected chi connectivity index (χ1v) is 37.3. The topological polar surface area (TPSA) is 59.1 Å². The molecule has 0 N–H and O–H groups in total. The van der Waals surface area contributed by atoms with E-state index in [0.717, 1.165) is 30.9 Å². The maximum atomic E-state index is 15.3. The van der Waals surface area contributed by atoms with Crippen LogP contribution in [0.4, 0.5) is 0 Å². The summed E-state index contributed by atoms with van der Waals surface area (Å²) in [6.45, 7) is 22.1. The first-order chi connectivity index (χ1) is 27.3. The molecular formula is C42H48N2O4S6Si4. The molecule has 2 aliphatic rings. The van der Waals surface area contributed by atoms with Gasteiger partial charge in [-0.1, -0.05) is 12.1 Å². The number of carbonyl (C=O) groups is 2. The molecule has 8 heterocycles. The molecule has 0 bridgehead atoms. The van der Waals surface area contributed by atoms with E-state index >= 15 is 9.59 Å². The number of fused-ring (bicyclic) bond motifs is 1. The Morgan fingerprint density at radius 2 is 0.724 bits per heavy atom. The molecular weight excluding hydrogens is 901 g/mol. The lowest BCUT2D eigenvalue weighted by Crippen LogP contribution is -2.52. The minimum atomic E-state index is -2.43. The summed E-state index contributed by atoms with van der Waals surface area (Å²) in [6.07, 6.45) is 0.923. The molecule has 16 heteroatoms. The summed E-state index contributed by atoms with van der Waals surface area (Å²) < 4.78 is 13.7. The van der Waals surface area contributed by atoms with Gasteiger partial charge in [0.2, 0.25) is 0 Å². The van der Waals surface area contributed by atoms with Gasteiger partial charge in [0.1, 0.15) is 0 Å². The van der Waals surface area contributed by atoms with Crippen LogP contribution in [0.1, 0.15) is 9.75 Å². The van der Waals surface area contributed by atoms with Crippen LogP contribution in [0, 0.1) is 0 Å². The smallest absolute Gasteiger partial charge is 0.261 e. The van der Waals surface area contributed by atoms with Crippen LogP contribution in [0.3, 0.4) is 0 Å². The molecule has 0 fully saturated rings. The van der Waals surface area contributed by atoms with Gasteiger partial charge in [-0.2, -0.15) is 0 Å². The predicted octanol–water partition coefficient (Wildman–Crippen LogP) is 13.7. The Bertz CT molecular complexity index is 2380. The van der Waals surface area contributed by atoms with Gasteiger partial charge < -0.3 is 18.0 Å². The van der Waals surface area contributed by atoms with Crippen molar-refractivity contribution in [2.45, 2.75) is 65.5 Å². The SMILES string of the molecule is C[Si](C)(C)O[Si](C)(C)CN1C(=O)C2=C(c3ccc(-c4ccc(-c5cccs5)s4)s3)N(C[Si](C)(C)O[Si](C)(C)C)C(=O)C2=C1c1ccc(-c2ccc(-c3cccs3)s2)s1. The van der Waals surface area contributed by atoms with Crippen molar-refractivity contribution in [3.63, 3.8) is 0 Å². The first kappa shape index (κ1) is 42.1. The fourth-order valence-electron chi connectivity index (χ4n) is 7.93. The zero-order chi connectivity index (χ0) is 41.4. The molecule has 6 aromatic heterocycles. The molecule has 0 radical (unpaired) electrons. The molecule has 302 valence electrons. The molecule has 0 aromatic carbocycles. The van der Waals surface area contributed by atoms with E-state index in [1.165, 1.54) is 29.3 Å². The van der Waals surface area contributed by atoms with E-state index in [1.54, 1.807) is 68.0 Å². The summed E-state index contributed by atoms with van der Waals surface area (Å²) in [5.74, 6) is -0.225. The summed E-state index contributed by atoms with van der Waals surface area (Å²) in [5, 5.41) is 4.22. The Morgan fingerprint density at radius 3 is 1.02 bits per heavy atom. The molecule has 6 aromatic rings. The van der Waals surface area contributed by atoms with Gasteiger partial charge in [0, 0.05) is 51.4 Å². The van der Waals surface area contributed by atoms with Crippen LogP contribution in [0.5, 0.6) is 0 Å². The number of nitrogens with zero attached hydrogens (tertiary/aromatic N) is 2. The van der Waals surface area contributed by atoms with Gasteiger partial charge in [-0.3, -0.25) is 9.59 Å². The molecule has 58 heavy (non-hydrogen) atoms. The van der Waals surface area contributed by atoms with Crippen LogP contribution in [0.2, 0.25) is 65.5 Å². The monoisotopic (exact) mass is 948 g/mol. The van der Waals surface area contributed by atoms with Gasteiger partial charge >= 0.3 is 0 Å². The van der Waals surface area contributed by atoms with E-state index in [-0.39, 0.29) is 11.8 Å². The Balaban J connectivity index is 1.27. The van der Waals surface area contributed by atoms with Crippen molar-refractivity contribution in [1.82, 2.24) is 9.80 Å². The van der Waals surface area contributed by atoms with Crippen LogP contribution < -0.4 is 0 Å². The number of rotatable bonds is 14. The van der Waals surface area contributed by atoms with Gasteiger partial charge in [-0.25, -0.2) is 0 Å². The number of hydrogen-bond donors (Lipinski definition) is 0. The predicted molar refractivity (Wildman–Crippen MR) is 263 cm³/mol. The van der Waals surface area contributed by atoms with Crippen molar-refractivity contribution >= 4 is 124 Å². The Labute approximate surface area is 370 Å². The van der Waals surface area contributed by atoms with Gasteiger partial charge in [0.25, 0.3) is 11.8 Å². The highest BCUT2D eigenvalue weighted by molar-refractivity contribution is 7.27. The van der Waals surface area contributed by atoms with Crippen molar-refractivity contribution < 1.29 is 17.8 Å².